The monoisotopic (exact) mass is 680 g/mol. The molecular weight excluding hydrogens is 643 g/mol. The molecule has 0 amide bonds. The van der Waals surface area contributed by atoms with E-state index in [2.05, 4.69) is 96.5 Å². The molecule has 2 nitrogen and oxygen atoms in total. The molecule has 0 fully saturated rings. The van der Waals surface area contributed by atoms with Crippen molar-refractivity contribution in [2.75, 3.05) is 9.80 Å². The Balaban J connectivity index is 1.12. The fourth-order valence-electron chi connectivity index (χ4n) is 8.33. The normalized spacial score (nSPS) is 14.5. The summed E-state index contributed by atoms with van der Waals surface area (Å²) in [6.45, 7) is 4.53. The van der Waals surface area contributed by atoms with E-state index in [1.54, 1.807) is 0 Å². The largest absolute Gasteiger partial charge is 0.310 e. The van der Waals surface area contributed by atoms with E-state index in [9.17, 15) is 8.78 Å². The smallest absolute Gasteiger partial charge is 0.123 e. The Morgan fingerprint density at radius 2 is 1.13 bits per heavy atom. The molecule has 1 atom stereocenters. The highest BCUT2D eigenvalue weighted by Gasteiger charge is 2.32. The Kier molecular flexibility index (Phi) is 7.96. The van der Waals surface area contributed by atoms with E-state index in [1.165, 1.54) is 68.4 Å². The third-order valence-corrected chi connectivity index (χ3v) is 10.7. The lowest BCUT2D eigenvalue weighted by Gasteiger charge is -2.30. The summed E-state index contributed by atoms with van der Waals surface area (Å²) in [7, 11) is 0. The molecule has 254 valence electrons. The molecule has 0 N–H and O–H groups in total. The van der Waals surface area contributed by atoms with Gasteiger partial charge >= 0.3 is 0 Å². The van der Waals surface area contributed by atoms with Crippen molar-refractivity contribution in [1.82, 2.24) is 0 Å². The topological polar surface area (TPSA) is 6.48 Å². The number of anilines is 6. The molecule has 2 aliphatic rings. The van der Waals surface area contributed by atoms with E-state index in [0.29, 0.717) is 5.92 Å². The minimum Gasteiger partial charge on any atom is -0.310 e. The Labute approximate surface area is 303 Å². The van der Waals surface area contributed by atoms with Crippen LogP contribution >= 0.6 is 0 Å². The van der Waals surface area contributed by atoms with Gasteiger partial charge in [0, 0.05) is 34.4 Å². The fourth-order valence-corrected chi connectivity index (χ4v) is 8.33. The van der Waals surface area contributed by atoms with Gasteiger partial charge in [0.25, 0.3) is 0 Å². The number of halogens is 2. The Hall–Kier alpha value is -6.00. The molecule has 0 saturated heterocycles. The molecule has 4 heteroatoms. The number of nitrogens with zero attached hydrogens (tertiary/aromatic N) is 2. The van der Waals surface area contributed by atoms with Gasteiger partial charge in [-0.3, -0.25) is 0 Å². The first-order valence-electron chi connectivity index (χ1n) is 18.1. The lowest BCUT2D eigenvalue weighted by atomic mass is 9.82. The highest BCUT2D eigenvalue weighted by Crippen LogP contribution is 2.49. The molecule has 0 saturated carbocycles. The zero-order chi connectivity index (χ0) is 35.3. The molecule has 0 heterocycles. The van der Waals surface area contributed by atoms with Crippen molar-refractivity contribution in [3.05, 3.63) is 197 Å². The Bertz CT molecular complexity index is 2450. The summed E-state index contributed by atoms with van der Waals surface area (Å²) in [6, 6.07) is 50.2. The van der Waals surface area contributed by atoms with Gasteiger partial charge < -0.3 is 9.80 Å². The summed E-state index contributed by atoms with van der Waals surface area (Å²) < 4.78 is 28.0. The average molecular weight is 681 g/mol. The highest BCUT2D eigenvalue weighted by molar-refractivity contribution is 5.96. The maximum atomic E-state index is 14.1. The SMILES string of the molecule is CC(C)c1c(N(c2ccccc2)c2ccc(F)cc2)ccc2cc3c(cc12)CC1=Cc2cc(N(c4ccccc4)c4ccc(F)cc4)ccc2CC13. The summed E-state index contributed by atoms with van der Waals surface area (Å²) in [6.07, 6.45) is 4.29. The van der Waals surface area contributed by atoms with Crippen LogP contribution in [-0.2, 0) is 12.8 Å². The second kappa shape index (κ2) is 13.0. The van der Waals surface area contributed by atoms with Crippen molar-refractivity contribution in [2.45, 2.75) is 38.5 Å². The van der Waals surface area contributed by atoms with E-state index in [4.69, 9.17) is 0 Å². The number of benzene rings is 7. The van der Waals surface area contributed by atoms with Crippen molar-refractivity contribution in [3.63, 3.8) is 0 Å². The van der Waals surface area contributed by atoms with Crippen LogP contribution < -0.4 is 9.80 Å². The van der Waals surface area contributed by atoms with Crippen LogP contribution in [0.2, 0.25) is 0 Å². The fraction of sp³-hybridized carbons (Fsp3) is 0.125. The van der Waals surface area contributed by atoms with Crippen LogP contribution in [-0.4, -0.2) is 0 Å². The van der Waals surface area contributed by atoms with Gasteiger partial charge in [0.15, 0.2) is 0 Å². The van der Waals surface area contributed by atoms with Gasteiger partial charge in [-0.25, -0.2) is 8.78 Å². The van der Waals surface area contributed by atoms with Crippen molar-refractivity contribution >= 4 is 51.0 Å². The summed E-state index contributed by atoms with van der Waals surface area (Å²) in [5.74, 6) is 0.111. The van der Waals surface area contributed by atoms with Gasteiger partial charge in [-0.2, -0.15) is 0 Å². The van der Waals surface area contributed by atoms with Gasteiger partial charge in [-0.1, -0.05) is 86.2 Å². The molecule has 1 unspecified atom stereocenters. The first-order valence-corrected chi connectivity index (χ1v) is 18.1. The van der Waals surface area contributed by atoms with E-state index in [0.717, 1.165) is 47.0 Å². The van der Waals surface area contributed by atoms with Crippen LogP contribution in [0.1, 0.15) is 53.5 Å². The van der Waals surface area contributed by atoms with Gasteiger partial charge in [0.05, 0.1) is 5.69 Å². The summed E-state index contributed by atoms with van der Waals surface area (Å²) in [4.78, 5) is 4.44. The van der Waals surface area contributed by atoms with E-state index >= 15 is 0 Å². The molecule has 7 aromatic rings. The lowest BCUT2D eigenvalue weighted by molar-refractivity contribution is 0.627. The van der Waals surface area contributed by atoms with E-state index in [-0.39, 0.29) is 17.6 Å². The molecular formula is C48H38F2N2. The number of fused-ring (bicyclic) bond motifs is 5. The molecule has 0 aromatic heterocycles. The van der Waals surface area contributed by atoms with Crippen LogP contribution in [0.5, 0.6) is 0 Å². The van der Waals surface area contributed by atoms with Crippen molar-refractivity contribution in [2.24, 2.45) is 0 Å². The van der Waals surface area contributed by atoms with E-state index in [1.807, 2.05) is 60.7 Å². The first-order chi connectivity index (χ1) is 25.4. The average Bonchev–Trinajstić information content (AvgIpc) is 3.51. The summed E-state index contributed by atoms with van der Waals surface area (Å²) in [5.41, 5.74) is 14.2. The van der Waals surface area contributed by atoms with Crippen molar-refractivity contribution < 1.29 is 8.78 Å². The lowest BCUT2D eigenvalue weighted by Crippen LogP contribution is -2.13. The standard InChI is InChI=1S/C48H38F2N2/c1-31(2)48-46-30-36-26-35-25-34-27-43(51(39-9-5-3-6-10-39)41-20-15-37(49)16-21-41)19-13-32(34)28-44(35)45(36)29-33(46)14-24-47(48)52(40-11-7-4-8-12-40)42-22-17-38(50)18-23-42/h3-25,27,29-31,44H,26,28H2,1-2H3. The predicted molar refractivity (Wildman–Crippen MR) is 212 cm³/mol. The molecule has 0 spiro atoms. The number of rotatable bonds is 7. The van der Waals surface area contributed by atoms with Gasteiger partial charge in [-0.15, -0.1) is 0 Å². The molecule has 0 bridgehead atoms. The van der Waals surface area contributed by atoms with Gasteiger partial charge in [0.2, 0.25) is 0 Å². The Morgan fingerprint density at radius 3 is 1.77 bits per heavy atom. The summed E-state index contributed by atoms with van der Waals surface area (Å²) >= 11 is 0. The third-order valence-electron chi connectivity index (χ3n) is 10.7. The first kappa shape index (κ1) is 31.9. The van der Waals surface area contributed by atoms with Crippen LogP contribution in [0, 0.1) is 11.6 Å². The Morgan fingerprint density at radius 1 is 0.558 bits per heavy atom. The van der Waals surface area contributed by atoms with E-state index < -0.39 is 0 Å². The zero-order valence-corrected chi connectivity index (χ0v) is 29.2. The minimum atomic E-state index is -0.246. The number of para-hydroxylation sites is 2. The van der Waals surface area contributed by atoms with Gasteiger partial charge in [0.1, 0.15) is 11.6 Å². The minimum absolute atomic E-state index is 0.245. The van der Waals surface area contributed by atoms with Gasteiger partial charge in [-0.05, 0) is 148 Å². The second-order valence-corrected chi connectivity index (χ2v) is 14.3. The maximum Gasteiger partial charge on any atom is 0.123 e. The maximum absolute atomic E-state index is 14.1. The van der Waals surface area contributed by atoms with Crippen LogP contribution in [0.4, 0.5) is 42.9 Å². The third kappa shape index (κ3) is 5.65. The molecule has 52 heavy (non-hydrogen) atoms. The highest BCUT2D eigenvalue weighted by atomic mass is 19.1. The molecule has 0 aliphatic heterocycles. The van der Waals surface area contributed by atoms with Crippen molar-refractivity contribution in [3.8, 4) is 0 Å². The van der Waals surface area contributed by atoms with Crippen LogP contribution in [0.25, 0.3) is 16.8 Å². The predicted octanol–water partition coefficient (Wildman–Crippen LogP) is 13.5. The molecule has 2 aliphatic carbocycles. The van der Waals surface area contributed by atoms with Crippen LogP contribution in [0.15, 0.2) is 157 Å². The second-order valence-electron chi connectivity index (χ2n) is 14.3. The number of hydrogen-bond acceptors (Lipinski definition) is 2. The summed E-state index contributed by atoms with van der Waals surface area (Å²) in [5, 5.41) is 2.52. The quantitative estimate of drug-likeness (QED) is 0.165. The number of allylic oxidation sites excluding steroid dienone is 1. The molecule has 0 radical (unpaired) electrons. The zero-order valence-electron chi connectivity index (χ0n) is 29.2. The molecule has 7 aromatic carbocycles. The van der Waals surface area contributed by atoms with Crippen LogP contribution in [0.3, 0.4) is 0 Å². The molecule has 9 rings (SSSR count). The van der Waals surface area contributed by atoms with Crippen molar-refractivity contribution in [1.29, 1.82) is 0 Å². The number of hydrogen-bond donors (Lipinski definition) is 0.